The van der Waals surface area contributed by atoms with E-state index in [1.54, 1.807) is 16.9 Å². The fourth-order valence-electron chi connectivity index (χ4n) is 3.74. The zero-order chi connectivity index (χ0) is 23.7. The Bertz CT molecular complexity index is 1140. The maximum absolute atomic E-state index is 13.4. The van der Waals surface area contributed by atoms with E-state index in [2.05, 4.69) is 9.98 Å². The van der Waals surface area contributed by atoms with Gasteiger partial charge in [-0.1, -0.05) is 50.1 Å². The Balaban J connectivity index is 1.90. The highest BCUT2D eigenvalue weighted by molar-refractivity contribution is 7.90. The summed E-state index contributed by atoms with van der Waals surface area (Å²) in [5.41, 5.74) is -0.672. The molecule has 172 valence electrons. The molecule has 0 spiro atoms. The second-order valence-corrected chi connectivity index (χ2v) is 9.75. The monoisotopic (exact) mass is 487 g/mol. The van der Waals surface area contributed by atoms with Crippen molar-refractivity contribution in [2.75, 3.05) is 0 Å². The molecular weight excluding hydrogens is 467 g/mol. The summed E-state index contributed by atoms with van der Waals surface area (Å²) in [5.74, 6) is -2.42. The van der Waals surface area contributed by atoms with Gasteiger partial charge in [0.15, 0.2) is 0 Å². The first-order valence-electron chi connectivity index (χ1n) is 9.88. The van der Waals surface area contributed by atoms with Crippen LogP contribution >= 0.6 is 11.6 Å². The van der Waals surface area contributed by atoms with Gasteiger partial charge in [0.2, 0.25) is 10.0 Å². The molecular formula is C21H21ClF3N3O3S. The molecule has 2 heterocycles. The lowest BCUT2D eigenvalue weighted by molar-refractivity contribution is -0.116. The molecule has 0 fully saturated rings. The molecule has 0 saturated carbocycles. The van der Waals surface area contributed by atoms with Crippen LogP contribution in [0.15, 0.2) is 58.9 Å². The van der Waals surface area contributed by atoms with Gasteiger partial charge in [-0.25, -0.2) is 18.1 Å². The van der Waals surface area contributed by atoms with Crippen LogP contribution in [0.5, 0.6) is 0 Å². The lowest BCUT2D eigenvalue weighted by atomic mass is 9.95. The third-order valence-corrected chi connectivity index (χ3v) is 7.28. The molecule has 1 aromatic rings. The number of allylic oxidation sites excluding steroid dienone is 4. The van der Waals surface area contributed by atoms with Crippen LogP contribution in [0.3, 0.4) is 0 Å². The molecule has 3 atom stereocenters. The Morgan fingerprint density at radius 1 is 1.31 bits per heavy atom. The molecule has 2 aliphatic rings. The van der Waals surface area contributed by atoms with E-state index in [1.807, 2.05) is 6.92 Å². The number of aromatic nitrogens is 1. The Kier molecular flexibility index (Phi) is 6.94. The number of pyridine rings is 1. The molecule has 0 bridgehead atoms. The second-order valence-electron chi connectivity index (χ2n) is 7.54. The minimum atomic E-state index is -4.86. The van der Waals surface area contributed by atoms with Crippen molar-refractivity contribution >= 4 is 33.2 Å². The number of carbonyl (C=O) groups is 1. The van der Waals surface area contributed by atoms with E-state index in [0.717, 1.165) is 12.5 Å². The molecule has 3 rings (SSSR count). The van der Waals surface area contributed by atoms with Crippen molar-refractivity contribution in [2.24, 2.45) is 16.8 Å². The van der Waals surface area contributed by atoms with Gasteiger partial charge in [0.1, 0.15) is 16.6 Å². The largest absolute Gasteiger partial charge is 0.414 e. The Morgan fingerprint density at radius 2 is 2.03 bits per heavy atom. The standard InChI is InChI=1S/C21H21ClF3N3O3S/c1-3-6-13-11-16(27-17(13)18-15(22)9-5-10-26-18)20(29)28-32(30,31)19-12(2)7-4-8-14(19)21(23,24)25/h4-5,7-13,19H,3,6H2,1-2H3,(H,28,29). The fraction of sp³-hybridized carbons (Fsp3) is 0.381. The van der Waals surface area contributed by atoms with Crippen LogP contribution in [0.2, 0.25) is 5.02 Å². The number of nitrogens with one attached hydrogen (secondary N) is 1. The van der Waals surface area contributed by atoms with Gasteiger partial charge in [-0.3, -0.25) is 9.78 Å². The Labute approximate surface area is 189 Å². The van der Waals surface area contributed by atoms with Crippen molar-refractivity contribution in [3.05, 3.63) is 64.6 Å². The molecule has 0 aromatic carbocycles. The molecule has 0 saturated heterocycles. The molecule has 32 heavy (non-hydrogen) atoms. The van der Waals surface area contributed by atoms with Crippen LogP contribution in [-0.2, 0) is 14.8 Å². The highest BCUT2D eigenvalue weighted by atomic mass is 35.5. The molecule has 3 unspecified atom stereocenters. The Hall–Kier alpha value is -2.46. The maximum atomic E-state index is 13.4. The van der Waals surface area contributed by atoms with Crippen LogP contribution in [0.1, 0.15) is 32.4 Å². The van der Waals surface area contributed by atoms with E-state index in [-0.39, 0.29) is 11.6 Å². The van der Waals surface area contributed by atoms with E-state index in [4.69, 9.17) is 11.6 Å². The summed E-state index contributed by atoms with van der Waals surface area (Å²) in [6.45, 7) is 3.27. The topological polar surface area (TPSA) is 88.5 Å². The first kappa shape index (κ1) is 24.2. The number of rotatable bonds is 6. The number of hydrogen-bond acceptors (Lipinski definition) is 5. The Morgan fingerprint density at radius 3 is 2.66 bits per heavy atom. The summed E-state index contributed by atoms with van der Waals surface area (Å²) in [4.78, 5) is 21.2. The molecule has 1 aromatic heterocycles. The van der Waals surface area contributed by atoms with Gasteiger partial charge in [0.05, 0.1) is 16.3 Å². The molecule has 1 amide bonds. The van der Waals surface area contributed by atoms with Crippen molar-refractivity contribution in [3.8, 4) is 0 Å². The van der Waals surface area contributed by atoms with Crippen LogP contribution < -0.4 is 4.72 Å². The average Bonchev–Trinajstić information content (AvgIpc) is 3.11. The van der Waals surface area contributed by atoms with Crippen LogP contribution in [0, 0.1) is 11.8 Å². The highest BCUT2D eigenvalue weighted by Gasteiger charge is 2.47. The van der Waals surface area contributed by atoms with Gasteiger partial charge < -0.3 is 0 Å². The summed E-state index contributed by atoms with van der Waals surface area (Å²) in [6, 6.07) is 3.25. The lowest BCUT2D eigenvalue weighted by Gasteiger charge is -2.28. The lowest BCUT2D eigenvalue weighted by Crippen LogP contribution is -2.45. The molecule has 11 heteroatoms. The van der Waals surface area contributed by atoms with E-state index in [0.29, 0.717) is 28.9 Å². The van der Waals surface area contributed by atoms with Crippen LogP contribution in [0.25, 0.3) is 0 Å². The van der Waals surface area contributed by atoms with Crippen LogP contribution in [-0.4, -0.2) is 36.4 Å². The molecule has 0 radical (unpaired) electrons. The number of hydrogen-bond donors (Lipinski definition) is 1. The van der Waals surface area contributed by atoms with Gasteiger partial charge in [0.25, 0.3) is 5.91 Å². The van der Waals surface area contributed by atoms with Gasteiger partial charge in [-0.2, -0.15) is 13.2 Å². The van der Waals surface area contributed by atoms with Gasteiger partial charge >= 0.3 is 6.18 Å². The van der Waals surface area contributed by atoms with E-state index in [1.165, 1.54) is 25.3 Å². The average molecular weight is 488 g/mol. The van der Waals surface area contributed by atoms with E-state index >= 15 is 0 Å². The van der Waals surface area contributed by atoms with Crippen molar-refractivity contribution in [1.29, 1.82) is 0 Å². The summed E-state index contributed by atoms with van der Waals surface area (Å²) < 4.78 is 67.7. The predicted molar refractivity (Wildman–Crippen MR) is 116 cm³/mol. The zero-order valence-corrected chi connectivity index (χ0v) is 18.8. The number of alkyl halides is 3. The van der Waals surface area contributed by atoms with Gasteiger partial charge in [-0.15, -0.1) is 0 Å². The second kappa shape index (κ2) is 9.19. The fourth-order valence-corrected chi connectivity index (χ4v) is 5.65. The van der Waals surface area contributed by atoms with E-state index < -0.39 is 38.8 Å². The highest BCUT2D eigenvalue weighted by Crippen LogP contribution is 2.37. The molecule has 1 aliphatic heterocycles. The van der Waals surface area contributed by atoms with Gasteiger partial charge in [-0.05, 0) is 30.5 Å². The molecule has 6 nitrogen and oxygen atoms in total. The van der Waals surface area contributed by atoms with Crippen molar-refractivity contribution in [1.82, 2.24) is 9.71 Å². The van der Waals surface area contributed by atoms with Crippen molar-refractivity contribution in [3.63, 3.8) is 0 Å². The van der Waals surface area contributed by atoms with Gasteiger partial charge in [0, 0.05) is 12.1 Å². The van der Waals surface area contributed by atoms with Crippen molar-refractivity contribution < 1.29 is 26.4 Å². The third kappa shape index (κ3) is 4.96. The number of amides is 1. The molecule has 1 N–H and O–H groups in total. The third-order valence-electron chi connectivity index (χ3n) is 5.16. The summed E-state index contributed by atoms with van der Waals surface area (Å²) in [7, 11) is -4.71. The first-order chi connectivity index (χ1) is 15.0. The number of nitrogens with zero attached hydrogens (tertiary/aromatic N) is 2. The van der Waals surface area contributed by atoms with Crippen molar-refractivity contribution in [2.45, 2.75) is 38.1 Å². The number of halogens is 4. The van der Waals surface area contributed by atoms with E-state index in [9.17, 15) is 26.4 Å². The minimum absolute atomic E-state index is 0.208. The normalized spacial score (nSPS) is 23.4. The smallest absolute Gasteiger partial charge is 0.266 e. The zero-order valence-electron chi connectivity index (χ0n) is 17.2. The number of sulfonamides is 1. The minimum Gasteiger partial charge on any atom is -0.266 e. The number of aliphatic imine (C=N–C) groups is 1. The number of carbonyl (C=O) groups excluding carboxylic acids is 1. The maximum Gasteiger partial charge on any atom is 0.414 e. The first-order valence-corrected chi connectivity index (χ1v) is 11.8. The summed E-state index contributed by atoms with van der Waals surface area (Å²) in [6.07, 6.45) is 2.68. The summed E-state index contributed by atoms with van der Waals surface area (Å²) >= 11 is 6.20. The van der Waals surface area contributed by atoms with Crippen LogP contribution in [0.4, 0.5) is 13.2 Å². The summed E-state index contributed by atoms with van der Waals surface area (Å²) in [5, 5.41) is -1.64. The quantitative estimate of drug-likeness (QED) is 0.646. The molecule has 1 aliphatic carbocycles. The predicted octanol–water partition coefficient (Wildman–Crippen LogP) is 4.35. The SMILES string of the molecule is CCCC1C=C(C(=O)NS(=O)(=O)C2C(C(F)(F)F)=CC=CC2C)N=C1c1ncccc1Cl.